The van der Waals surface area contributed by atoms with E-state index in [-0.39, 0.29) is 17.7 Å². The van der Waals surface area contributed by atoms with Gasteiger partial charge in [-0.2, -0.15) is 0 Å². The van der Waals surface area contributed by atoms with Crippen LogP contribution in [0.4, 0.5) is 4.39 Å². The first-order valence-corrected chi connectivity index (χ1v) is 6.41. The van der Waals surface area contributed by atoms with Crippen LogP contribution in [0, 0.1) is 5.82 Å². The Labute approximate surface area is 110 Å². The maximum absolute atomic E-state index is 13.9. The molecule has 0 bridgehead atoms. The highest BCUT2D eigenvalue weighted by atomic mass is 19.1. The van der Waals surface area contributed by atoms with Crippen molar-refractivity contribution in [3.8, 4) is 17.1 Å². The van der Waals surface area contributed by atoms with Crippen molar-refractivity contribution in [3.63, 3.8) is 0 Å². The predicted octanol–water partition coefficient (Wildman–Crippen LogP) is 3.64. The van der Waals surface area contributed by atoms with Gasteiger partial charge in [0.25, 0.3) is 0 Å². The smallest absolute Gasteiger partial charge is 0.165 e. The van der Waals surface area contributed by atoms with Gasteiger partial charge in [0.05, 0.1) is 12.4 Å². The van der Waals surface area contributed by atoms with Gasteiger partial charge in [0.1, 0.15) is 12.4 Å². The van der Waals surface area contributed by atoms with E-state index in [1.165, 1.54) is 6.07 Å². The van der Waals surface area contributed by atoms with Gasteiger partial charge in [-0.25, -0.2) is 4.39 Å². The molecule has 0 radical (unpaired) electrons. The summed E-state index contributed by atoms with van der Waals surface area (Å²) in [6.07, 6.45) is 3.68. The number of benzene rings is 1. The number of furan rings is 1. The maximum atomic E-state index is 13.9. The third-order valence-corrected chi connectivity index (χ3v) is 3.19. The third kappa shape index (κ3) is 2.79. The van der Waals surface area contributed by atoms with E-state index < -0.39 is 0 Å². The van der Waals surface area contributed by atoms with Gasteiger partial charge in [-0.1, -0.05) is 0 Å². The molecule has 1 atom stereocenters. The van der Waals surface area contributed by atoms with Crippen molar-refractivity contribution in [2.75, 3.05) is 13.2 Å². The number of hydrogen-bond donors (Lipinski definition) is 0. The first kappa shape index (κ1) is 12.2. The molecule has 0 N–H and O–H groups in total. The SMILES string of the molecule is Fc1cc(-c2ccco2)ccc1OCC1CCCO1. The molecule has 0 spiro atoms. The van der Waals surface area contributed by atoms with Crippen LogP contribution in [0.5, 0.6) is 5.75 Å². The average Bonchev–Trinajstić information content (AvgIpc) is 3.10. The minimum atomic E-state index is -0.383. The number of halogens is 1. The van der Waals surface area contributed by atoms with E-state index in [1.807, 2.05) is 0 Å². The lowest BCUT2D eigenvalue weighted by Gasteiger charge is -2.12. The van der Waals surface area contributed by atoms with Crippen LogP contribution in [0.3, 0.4) is 0 Å². The highest BCUT2D eigenvalue weighted by Gasteiger charge is 2.17. The zero-order chi connectivity index (χ0) is 13.1. The third-order valence-electron chi connectivity index (χ3n) is 3.19. The molecule has 100 valence electrons. The fraction of sp³-hybridized carbons (Fsp3) is 0.333. The Morgan fingerprint density at radius 3 is 2.95 bits per heavy atom. The van der Waals surface area contributed by atoms with Crippen LogP contribution < -0.4 is 4.74 Å². The topological polar surface area (TPSA) is 31.6 Å². The van der Waals surface area contributed by atoms with Gasteiger partial charge >= 0.3 is 0 Å². The zero-order valence-electron chi connectivity index (χ0n) is 10.5. The van der Waals surface area contributed by atoms with Crippen molar-refractivity contribution in [3.05, 3.63) is 42.4 Å². The first-order valence-electron chi connectivity index (χ1n) is 6.41. The lowest BCUT2D eigenvalue weighted by atomic mass is 10.1. The highest BCUT2D eigenvalue weighted by Crippen LogP contribution is 2.26. The van der Waals surface area contributed by atoms with E-state index >= 15 is 0 Å². The Bertz CT molecular complexity index is 530. The molecule has 19 heavy (non-hydrogen) atoms. The van der Waals surface area contributed by atoms with Crippen molar-refractivity contribution in [1.29, 1.82) is 0 Å². The summed E-state index contributed by atoms with van der Waals surface area (Å²) in [5.41, 5.74) is 0.701. The van der Waals surface area contributed by atoms with Crippen molar-refractivity contribution in [2.24, 2.45) is 0 Å². The molecule has 4 heteroatoms. The molecule has 2 heterocycles. The molecular weight excluding hydrogens is 247 g/mol. The Morgan fingerprint density at radius 1 is 1.32 bits per heavy atom. The van der Waals surface area contributed by atoms with Gasteiger partial charge < -0.3 is 13.9 Å². The van der Waals surface area contributed by atoms with Gasteiger partial charge in [0, 0.05) is 12.2 Å². The summed E-state index contributed by atoms with van der Waals surface area (Å²) < 4.78 is 30.0. The summed E-state index contributed by atoms with van der Waals surface area (Å²) in [5, 5.41) is 0. The summed E-state index contributed by atoms with van der Waals surface area (Å²) in [6, 6.07) is 8.40. The molecule has 1 aliphatic rings. The normalized spacial score (nSPS) is 18.7. The summed E-state index contributed by atoms with van der Waals surface area (Å²) >= 11 is 0. The van der Waals surface area contributed by atoms with Crippen molar-refractivity contribution in [1.82, 2.24) is 0 Å². The molecule has 0 saturated carbocycles. The van der Waals surface area contributed by atoms with Gasteiger partial charge in [0.2, 0.25) is 0 Å². The molecule has 3 nitrogen and oxygen atoms in total. The molecule has 3 rings (SSSR count). The minimum absolute atomic E-state index is 0.0872. The quantitative estimate of drug-likeness (QED) is 0.843. The summed E-state index contributed by atoms with van der Waals surface area (Å²) in [5.74, 6) is 0.516. The molecule has 1 unspecified atom stereocenters. The van der Waals surface area contributed by atoms with Crippen molar-refractivity contribution in [2.45, 2.75) is 18.9 Å². The number of ether oxygens (including phenoxy) is 2. The molecule has 1 aromatic carbocycles. The van der Waals surface area contributed by atoms with Crippen molar-refractivity contribution >= 4 is 0 Å². The van der Waals surface area contributed by atoms with Gasteiger partial charge in [-0.3, -0.25) is 0 Å². The Kier molecular flexibility index (Phi) is 3.51. The van der Waals surface area contributed by atoms with Crippen LogP contribution in [0.1, 0.15) is 12.8 Å². The molecule has 2 aromatic rings. The van der Waals surface area contributed by atoms with E-state index in [4.69, 9.17) is 13.9 Å². The van der Waals surface area contributed by atoms with E-state index in [2.05, 4.69) is 0 Å². The predicted molar refractivity (Wildman–Crippen MR) is 68.6 cm³/mol. The van der Waals surface area contributed by atoms with E-state index in [1.54, 1.807) is 30.5 Å². The molecule has 1 aromatic heterocycles. The van der Waals surface area contributed by atoms with Crippen LogP contribution in [0.15, 0.2) is 41.0 Å². The summed E-state index contributed by atoms with van der Waals surface area (Å²) in [4.78, 5) is 0. The van der Waals surface area contributed by atoms with Gasteiger partial charge in [0.15, 0.2) is 11.6 Å². The Morgan fingerprint density at radius 2 is 2.26 bits per heavy atom. The largest absolute Gasteiger partial charge is 0.488 e. The molecule has 1 aliphatic heterocycles. The maximum Gasteiger partial charge on any atom is 0.165 e. The Hall–Kier alpha value is -1.81. The van der Waals surface area contributed by atoms with Crippen LogP contribution in [-0.4, -0.2) is 19.3 Å². The fourth-order valence-corrected chi connectivity index (χ4v) is 2.17. The van der Waals surface area contributed by atoms with Crippen LogP contribution in [-0.2, 0) is 4.74 Å². The van der Waals surface area contributed by atoms with Gasteiger partial charge in [-0.15, -0.1) is 0 Å². The number of rotatable bonds is 4. The second-order valence-corrected chi connectivity index (χ2v) is 4.57. The summed E-state index contributed by atoms with van der Waals surface area (Å²) in [7, 11) is 0. The lowest BCUT2D eigenvalue weighted by molar-refractivity contribution is 0.0666. The average molecular weight is 262 g/mol. The molecule has 1 fully saturated rings. The zero-order valence-corrected chi connectivity index (χ0v) is 10.5. The Balaban J connectivity index is 1.69. The highest BCUT2D eigenvalue weighted by molar-refractivity contribution is 5.58. The van der Waals surface area contributed by atoms with E-state index in [0.717, 1.165) is 19.4 Å². The van der Waals surface area contributed by atoms with Crippen LogP contribution >= 0.6 is 0 Å². The van der Waals surface area contributed by atoms with E-state index in [0.29, 0.717) is 17.9 Å². The second kappa shape index (κ2) is 5.45. The van der Waals surface area contributed by atoms with Crippen LogP contribution in [0.25, 0.3) is 11.3 Å². The molecule has 1 saturated heterocycles. The summed E-state index contributed by atoms with van der Waals surface area (Å²) in [6.45, 7) is 1.17. The fourth-order valence-electron chi connectivity index (χ4n) is 2.17. The first-order chi connectivity index (χ1) is 9.33. The van der Waals surface area contributed by atoms with E-state index in [9.17, 15) is 4.39 Å². The molecule has 0 amide bonds. The molecule has 0 aliphatic carbocycles. The molecular formula is C15H15FO3. The van der Waals surface area contributed by atoms with Gasteiger partial charge in [-0.05, 0) is 43.2 Å². The monoisotopic (exact) mass is 262 g/mol. The second-order valence-electron chi connectivity index (χ2n) is 4.57. The standard InChI is InChI=1S/C15H15FO3/c16-13-9-11(14-4-2-8-18-14)5-6-15(13)19-10-12-3-1-7-17-12/h2,4-6,8-9,12H,1,3,7,10H2. The lowest BCUT2D eigenvalue weighted by Crippen LogP contribution is -2.16. The van der Waals surface area contributed by atoms with Crippen molar-refractivity contribution < 1.29 is 18.3 Å². The van der Waals surface area contributed by atoms with Crippen LogP contribution in [0.2, 0.25) is 0 Å². The minimum Gasteiger partial charge on any atom is -0.488 e. The number of hydrogen-bond acceptors (Lipinski definition) is 3.